The van der Waals surface area contributed by atoms with Crippen LogP contribution in [0.2, 0.25) is 0 Å². The molecule has 1 saturated carbocycles. The molecule has 1 aliphatic heterocycles. The van der Waals surface area contributed by atoms with Crippen LogP contribution >= 0.6 is 24.8 Å². The monoisotopic (exact) mass is 360 g/mol. The molecule has 3 rings (SSSR count). The van der Waals surface area contributed by atoms with Gasteiger partial charge in [-0.1, -0.05) is 12.8 Å². The normalized spacial score (nSPS) is 25.6. The van der Waals surface area contributed by atoms with Crippen molar-refractivity contribution in [3.63, 3.8) is 0 Å². The fourth-order valence-corrected chi connectivity index (χ4v) is 3.66. The highest BCUT2D eigenvalue weighted by Crippen LogP contribution is 2.44. The average molecular weight is 361 g/mol. The lowest BCUT2D eigenvalue weighted by molar-refractivity contribution is -0.128. The second kappa shape index (κ2) is 8.18. The van der Waals surface area contributed by atoms with Crippen LogP contribution in [0.25, 0.3) is 0 Å². The molecule has 1 aromatic rings. The fraction of sp³-hybridized carbons (Fsp3) is 0.625. The van der Waals surface area contributed by atoms with Gasteiger partial charge < -0.3 is 15.5 Å². The molecule has 130 valence electrons. The minimum absolute atomic E-state index is 0. The number of hydrogen-bond acceptors (Lipinski definition) is 4. The summed E-state index contributed by atoms with van der Waals surface area (Å²) >= 11 is 0. The zero-order valence-electron chi connectivity index (χ0n) is 13.7. The van der Waals surface area contributed by atoms with Crippen LogP contribution in [-0.2, 0) is 4.79 Å². The Morgan fingerprint density at radius 1 is 1.35 bits per heavy atom. The maximum atomic E-state index is 12.8. The number of anilines is 2. The number of nitrogens with one attached hydrogen (secondary N) is 2. The summed E-state index contributed by atoms with van der Waals surface area (Å²) in [4.78, 5) is 19.1. The maximum absolute atomic E-state index is 12.8. The number of rotatable bonds is 3. The molecular formula is C16H26Cl2N4O. The van der Waals surface area contributed by atoms with E-state index in [0.29, 0.717) is 11.7 Å². The van der Waals surface area contributed by atoms with Gasteiger partial charge in [0.2, 0.25) is 5.91 Å². The zero-order valence-corrected chi connectivity index (χ0v) is 15.3. The predicted molar refractivity (Wildman–Crippen MR) is 99.0 cm³/mol. The number of amides is 1. The molecule has 1 saturated heterocycles. The Bertz CT molecular complexity index is 523. The summed E-state index contributed by atoms with van der Waals surface area (Å²) in [6.07, 6.45) is 6.34. The standard InChI is InChI=1S/C16H24N4O.2ClH/c1-20(2)13-6-7-14(18-10-13)19-15(21)16-8-4-3-5-12(16)9-17-11-16;;/h6-7,10,12,17H,3-5,8-9,11H2,1-2H3,(H,18,19,21);2*1H/t12-,16+;;/m0../s1. The molecule has 1 amide bonds. The van der Waals surface area contributed by atoms with Gasteiger partial charge in [0, 0.05) is 20.6 Å². The maximum Gasteiger partial charge on any atom is 0.233 e. The Balaban J connectivity index is 0.00000132. The number of halogens is 2. The van der Waals surface area contributed by atoms with E-state index >= 15 is 0 Å². The Kier molecular flexibility index (Phi) is 7.11. The molecule has 0 bridgehead atoms. The summed E-state index contributed by atoms with van der Waals surface area (Å²) in [6.45, 7) is 1.78. The predicted octanol–water partition coefficient (Wildman–Crippen LogP) is 2.71. The molecule has 0 unspecified atom stereocenters. The summed E-state index contributed by atoms with van der Waals surface area (Å²) in [5, 5.41) is 6.44. The van der Waals surface area contributed by atoms with Gasteiger partial charge in [0.05, 0.1) is 17.3 Å². The lowest BCUT2D eigenvalue weighted by Gasteiger charge is -2.36. The van der Waals surface area contributed by atoms with Crippen molar-refractivity contribution in [2.75, 3.05) is 37.4 Å². The molecule has 1 aliphatic carbocycles. The van der Waals surface area contributed by atoms with Gasteiger partial charge in [-0.05, 0) is 37.4 Å². The number of aromatic nitrogens is 1. The molecule has 0 radical (unpaired) electrons. The smallest absolute Gasteiger partial charge is 0.233 e. The molecule has 2 heterocycles. The summed E-state index contributed by atoms with van der Waals surface area (Å²) in [5.74, 6) is 1.27. The minimum Gasteiger partial charge on any atom is -0.376 e. The molecule has 2 aliphatic rings. The van der Waals surface area contributed by atoms with Crippen molar-refractivity contribution in [2.24, 2.45) is 11.3 Å². The van der Waals surface area contributed by atoms with Gasteiger partial charge in [-0.15, -0.1) is 24.8 Å². The first kappa shape index (κ1) is 20.0. The fourth-order valence-electron chi connectivity index (χ4n) is 3.66. The summed E-state index contributed by atoms with van der Waals surface area (Å²) in [7, 11) is 3.95. The second-order valence-corrected chi connectivity index (χ2v) is 6.48. The van der Waals surface area contributed by atoms with Crippen molar-refractivity contribution in [1.29, 1.82) is 0 Å². The molecule has 0 aromatic carbocycles. The minimum atomic E-state index is -0.222. The van der Waals surface area contributed by atoms with Crippen LogP contribution in [0.15, 0.2) is 18.3 Å². The molecule has 2 fully saturated rings. The van der Waals surface area contributed by atoms with E-state index < -0.39 is 0 Å². The van der Waals surface area contributed by atoms with Gasteiger partial charge in [0.15, 0.2) is 0 Å². The van der Waals surface area contributed by atoms with Gasteiger partial charge in [-0.25, -0.2) is 4.98 Å². The quantitative estimate of drug-likeness (QED) is 0.869. The number of fused-ring (bicyclic) bond motifs is 1. The molecule has 1 aromatic heterocycles. The third kappa shape index (κ3) is 3.90. The lowest BCUT2D eigenvalue weighted by atomic mass is 9.67. The van der Waals surface area contributed by atoms with Gasteiger partial charge in [0.1, 0.15) is 5.82 Å². The molecule has 2 atom stereocenters. The van der Waals surface area contributed by atoms with Crippen molar-refractivity contribution in [1.82, 2.24) is 10.3 Å². The number of hydrogen-bond donors (Lipinski definition) is 2. The van der Waals surface area contributed by atoms with Crippen molar-refractivity contribution < 1.29 is 4.79 Å². The largest absolute Gasteiger partial charge is 0.376 e. The van der Waals surface area contributed by atoms with Crippen LogP contribution in [0, 0.1) is 11.3 Å². The molecule has 2 N–H and O–H groups in total. The van der Waals surface area contributed by atoms with Gasteiger partial charge in [0.25, 0.3) is 0 Å². The van der Waals surface area contributed by atoms with Crippen molar-refractivity contribution >= 4 is 42.2 Å². The summed E-state index contributed by atoms with van der Waals surface area (Å²) < 4.78 is 0. The second-order valence-electron chi connectivity index (χ2n) is 6.48. The van der Waals surface area contributed by atoms with E-state index in [2.05, 4.69) is 15.6 Å². The molecular weight excluding hydrogens is 335 g/mol. The van der Waals surface area contributed by atoms with E-state index in [1.165, 1.54) is 6.42 Å². The molecule has 23 heavy (non-hydrogen) atoms. The van der Waals surface area contributed by atoms with Crippen molar-refractivity contribution in [3.05, 3.63) is 18.3 Å². The van der Waals surface area contributed by atoms with Gasteiger partial charge in [-0.3, -0.25) is 4.79 Å². The van der Waals surface area contributed by atoms with Gasteiger partial charge >= 0.3 is 0 Å². The Hall–Kier alpha value is -1.04. The first-order valence-corrected chi connectivity index (χ1v) is 7.77. The third-order valence-electron chi connectivity index (χ3n) is 5.00. The average Bonchev–Trinajstić information content (AvgIpc) is 2.93. The molecule has 7 heteroatoms. The number of nitrogens with zero attached hydrogens (tertiary/aromatic N) is 2. The Morgan fingerprint density at radius 2 is 2.13 bits per heavy atom. The Morgan fingerprint density at radius 3 is 2.78 bits per heavy atom. The topological polar surface area (TPSA) is 57.3 Å². The van der Waals surface area contributed by atoms with Crippen LogP contribution in [0.4, 0.5) is 11.5 Å². The SMILES string of the molecule is CN(C)c1ccc(NC(=O)[C@@]23CCCC[C@H]2CNC3)nc1.Cl.Cl. The molecule has 0 spiro atoms. The highest BCUT2D eigenvalue weighted by Gasteiger charge is 2.49. The lowest BCUT2D eigenvalue weighted by Crippen LogP contribution is -2.44. The van der Waals surface area contributed by atoms with E-state index in [1.807, 2.05) is 31.1 Å². The van der Waals surface area contributed by atoms with Crippen LogP contribution in [0.1, 0.15) is 25.7 Å². The van der Waals surface area contributed by atoms with Crippen LogP contribution in [0.5, 0.6) is 0 Å². The third-order valence-corrected chi connectivity index (χ3v) is 5.00. The summed E-state index contributed by atoms with van der Waals surface area (Å²) in [5.41, 5.74) is 0.810. The van der Waals surface area contributed by atoms with Crippen LogP contribution < -0.4 is 15.5 Å². The van der Waals surface area contributed by atoms with Crippen LogP contribution in [0.3, 0.4) is 0 Å². The first-order chi connectivity index (χ1) is 10.1. The van der Waals surface area contributed by atoms with E-state index in [4.69, 9.17) is 0 Å². The van der Waals surface area contributed by atoms with E-state index in [9.17, 15) is 4.79 Å². The summed E-state index contributed by atoms with van der Waals surface area (Å²) in [6, 6.07) is 3.86. The van der Waals surface area contributed by atoms with Crippen LogP contribution in [-0.4, -0.2) is 38.1 Å². The van der Waals surface area contributed by atoms with Gasteiger partial charge in [-0.2, -0.15) is 0 Å². The first-order valence-electron chi connectivity index (χ1n) is 7.77. The zero-order chi connectivity index (χ0) is 14.9. The van der Waals surface area contributed by atoms with E-state index in [0.717, 1.165) is 38.0 Å². The van der Waals surface area contributed by atoms with Crippen molar-refractivity contribution in [2.45, 2.75) is 25.7 Å². The highest BCUT2D eigenvalue weighted by atomic mass is 35.5. The number of carbonyl (C=O) groups excluding carboxylic acids is 1. The number of carbonyl (C=O) groups is 1. The Labute approximate surface area is 150 Å². The van der Waals surface area contributed by atoms with Crippen molar-refractivity contribution in [3.8, 4) is 0 Å². The highest BCUT2D eigenvalue weighted by molar-refractivity contribution is 5.95. The van der Waals surface area contributed by atoms with E-state index in [-0.39, 0.29) is 36.1 Å². The van der Waals surface area contributed by atoms with E-state index in [1.54, 1.807) is 6.20 Å². The molecule has 5 nitrogen and oxygen atoms in total. The number of pyridine rings is 1.